The van der Waals surface area contributed by atoms with Crippen molar-refractivity contribution in [2.24, 2.45) is 23.0 Å². The lowest BCUT2D eigenvalue weighted by Crippen LogP contribution is -2.27. The van der Waals surface area contributed by atoms with E-state index in [0.29, 0.717) is 18.2 Å². The number of aromatic nitrogens is 3. The molecule has 0 bridgehead atoms. The summed E-state index contributed by atoms with van der Waals surface area (Å²) in [6.07, 6.45) is 7.40. The van der Waals surface area contributed by atoms with Gasteiger partial charge in [0.2, 0.25) is 0 Å². The predicted molar refractivity (Wildman–Crippen MR) is 114 cm³/mol. The highest BCUT2D eigenvalue weighted by Crippen LogP contribution is 2.22. The third-order valence-electron chi connectivity index (χ3n) is 4.71. The molecule has 1 unspecified atom stereocenters. The summed E-state index contributed by atoms with van der Waals surface area (Å²) in [4.78, 5) is 20.8. The van der Waals surface area contributed by atoms with E-state index in [0.717, 1.165) is 28.0 Å². The van der Waals surface area contributed by atoms with E-state index in [9.17, 15) is 4.79 Å². The zero-order chi connectivity index (χ0) is 20.4. The van der Waals surface area contributed by atoms with Crippen LogP contribution in [0.25, 0.3) is 0 Å². The van der Waals surface area contributed by atoms with Gasteiger partial charge in [0.15, 0.2) is 11.0 Å². The minimum absolute atomic E-state index is 0.174. The smallest absolute Gasteiger partial charge is 0.260 e. The number of fused-ring (bicyclic) bond motifs is 1. The zero-order valence-corrected chi connectivity index (χ0v) is 17.3. The van der Waals surface area contributed by atoms with Gasteiger partial charge in [0.25, 0.3) is 5.91 Å². The van der Waals surface area contributed by atoms with Gasteiger partial charge in [0, 0.05) is 7.05 Å². The molecule has 4 rings (SSSR count). The lowest BCUT2D eigenvalue weighted by molar-refractivity contribution is -0.118. The van der Waals surface area contributed by atoms with Gasteiger partial charge in [-0.3, -0.25) is 4.79 Å². The van der Waals surface area contributed by atoms with Crippen LogP contribution in [0.3, 0.4) is 0 Å². The van der Waals surface area contributed by atoms with E-state index in [1.165, 1.54) is 17.3 Å². The number of thioether (sulfide) groups is 1. The van der Waals surface area contributed by atoms with Crippen molar-refractivity contribution >= 4 is 29.2 Å². The third kappa shape index (κ3) is 4.22. The zero-order valence-electron chi connectivity index (χ0n) is 16.5. The molecule has 1 aromatic heterocycles. The van der Waals surface area contributed by atoms with Crippen molar-refractivity contribution < 1.29 is 9.53 Å². The second kappa shape index (κ2) is 8.16. The SMILES string of the molecule is Cc1ccc(OCc2nnc(SCC3=NC(=O)C4C=CC=CC4=N3)n2C)c(C)c1. The highest BCUT2D eigenvalue weighted by atomic mass is 32.2. The van der Waals surface area contributed by atoms with Crippen molar-refractivity contribution in [3.05, 3.63) is 59.5 Å². The van der Waals surface area contributed by atoms with Crippen LogP contribution in [0.1, 0.15) is 17.0 Å². The number of carbonyl (C=O) groups excluding carboxylic acids is 1. The molecular weight excluding hydrogens is 386 g/mol. The van der Waals surface area contributed by atoms with Gasteiger partial charge in [-0.2, -0.15) is 4.99 Å². The molecule has 0 saturated heterocycles. The molecule has 0 saturated carbocycles. The van der Waals surface area contributed by atoms with Crippen LogP contribution in [0.5, 0.6) is 5.75 Å². The summed E-state index contributed by atoms with van der Waals surface area (Å²) in [6.45, 7) is 4.41. The summed E-state index contributed by atoms with van der Waals surface area (Å²) < 4.78 is 7.79. The van der Waals surface area contributed by atoms with Crippen LogP contribution in [-0.2, 0) is 18.4 Å². The highest BCUT2D eigenvalue weighted by Gasteiger charge is 2.26. The van der Waals surface area contributed by atoms with Crippen LogP contribution in [0.15, 0.2) is 57.6 Å². The van der Waals surface area contributed by atoms with Crippen LogP contribution >= 0.6 is 11.8 Å². The third-order valence-corrected chi connectivity index (χ3v) is 5.72. The summed E-state index contributed by atoms with van der Waals surface area (Å²) in [6, 6.07) is 6.08. The first-order chi connectivity index (χ1) is 14.0. The molecule has 7 nitrogen and oxygen atoms in total. The van der Waals surface area contributed by atoms with Crippen molar-refractivity contribution in [1.82, 2.24) is 14.8 Å². The van der Waals surface area contributed by atoms with Crippen LogP contribution < -0.4 is 4.74 Å². The number of aliphatic imine (C=N–C) groups is 2. The number of aryl methyl sites for hydroxylation is 2. The molecule has 0 fully saturated rings. The number of hydrogen-bond acceptors (Lipinski definition) is 6. The molecule has 2 heterocycles. The van der Waals surface area contributed by atoms with E-state index in [2.05, 4.69) is 33.2 Å². The van der Waals surface area contributed by atoms with Crippen molar-refractivity contribution in [1.29, 1.82) is 0 Å². The van der Waals surface area contributed by atoms with Gasteiger partial charge in [-0.25, -0.2) is 4.99 Å². The number of nitrogens with zero attached hydrogens (tertiary/aromatic N) is 5. The van der Waals surface area contributed by atoms with E-state index in [1.807, 2.05) is 55.0 Å². The Morgan fingerprint density at radius 1 is 1.17 bits per heavy atom. The first kappa shape index (κ1) is 19.3. The van der Waals surface area contributed by atoms with Crippen LogP contribution in [-0.4, -0.2) is 38.0 Å². The maximum absolute atomic E-state index is 12.2. The number of amides is 1. The molecule has 0 spiro atoms. The number of benzene rings is 1. The lowest BCUT2D eigenvalue weighted by atomic mass is 9.97. The Labute approximate surface area is 173 Å². The summed E-state index contributed by atoms with van der Waals surface area (Å²) in [5.74, 6) is 1.99. The van der Waals surface area contributed by atoms with Gasteiger partial charge < -0.3 is 9.30 Å². The van der Waals surface area contributed by atoms with Gasteiger partial charge in [0.1, 0.15) is 24.1 Å². The standard InChI is InChI=1S/C21H21N5O2S/c1-13-8-9-17(14(2)10-13)28-11-19-24-25-21(26(19)3)29-12-18-22-16-7-5-4-6-15(16)20(27)23-18/h4-10,15H,11-12H2,1-3H3. The Balaban J connectivity index is 1.39. The maximum Gasteiger partial charge on any atom is 0.260 e. The van der Waals surface area contributed by atoms with E-state index in [1.54, 1.807) is 0 Å². The Morgan fingerprint density at radius 3 is 2.86 bits per heavy atom. The van der Waals surface area contributed by atoms with Gasteiger partial charge in [-0.15, -0.1) is 10.2 Å². The molecule has 1 atom stereocenters. The van der Waals surface area contributed by atoms with E-state index in [4.69, 9.17) is 4.74 Å². The van der Waals surface area contributed by atoms with Gasteiger partial charge >= 0.3 is 0 Å². The van der Waals surface area contributed by atoms with Crippen LogP contribution in [0, 0.1) is 19.8 Å². The first-order valence-corrected chi connectivity index (χ1v) is 10.3. The quantitative estimate of drug-likeness (QED) is 0.687. The Bertz CT molecular complexity index is 1080. The van der Waals surface area contributed by atoms with Gasteiger partial charge in [-0.05, 0) is 31.6 Å². The van der Waals surface area contributed by atoms with Crippen molar-refractivity contribution in [3.8, 4) is 5.75 Å². The van der Waals surface area contributed by atoms with Crippen molar-refractivity contribution in [3.63, 3.8) is 0 Å². The van der Waals surface area contributed by atoms with Crippen molar-refractivity contribution in [2.75, 3.05) is 5.75 Å². The van der Waals surface area contributed by atoms with Gasteiger partial charge in [0.05, 0.1) is 11.5 Å². The normalized spacial score (nSPS) is 17.8. The molecule has 8 heteroatoms. The molecule has 2 aromatic rings. The molecule has 2 aliphatic rings. The van der Waals surface area contributed by atoms with E-state index in [-0.39, 0.29) is 11.8 Å². The molecule has 29 heavy (non-hydrogen) atoms. The number of rotatable bonds is 6. The molecule has 1 aliphatic carbocycles. The summed E-state index contributed by atoms with van der Waals surface area (Å²) in [5, 5.41) is 9.18. The fraction of sp³-hybridized carbons (Fsp3) is 0.286. The monoisotopic (exact) mass is 407 g/mol. The average Bonchev–Trinajstić information content (AvgIpc) is 3.05. The molecule has 0 N–H and O–H groups in total. The number of hydrogen-bond donors (Lipinski definition) is 0. The average molecular weight is 407 g/mol. The predicted octanol–water partition coefficient (Wildman–Crippen LogP) is 3.22. The van der Waals surface area contributed by atoms with Gasteiger partial charge in [-0.1, -0.05) is 47.7 Å². The molecule has 1 aromatic carbocycles. The number of carbonyl (C=O) groups is 1. The summed E-state index contributed by atoms with van der Waals surface area (Å²) in [7, 11) is 1.90. The Morgan fingerprint density at radius 2 is 2.03 bits per heavy atom. The van der Waals surface area contributed by atoms with E-state index >= 15 is 0 Å². The topological polar surface area (TPSA) is 81.7 Å². The van der Waals surface area contributed by atoms with E-state index < -0.39 is 0 Å². The Hall–Kier alpha value is -3.00. The second-order valence-electron chi connectivity index (χ2n) is 6.93. The number of ether oxygens (including phenoxy) is 1. The summed E-state index contributed by atoms with van der Waals surface area (Å²) >= 11 is 1.44. The Kier molecular flexibility index (Phi) is 5.44. The van der Waals surface area contributed by atoms with Crippen molar-refractivity contribution in [2.45, 2.75) is 25.6 Å². The number of amidine groups is 1. The molecule has 0 radical (unpaired) electrons. The lowest BCUT2D eigenvalue weighted by Gasteiger charge is -2.17. The fourth-order valence-corrected chi connectivity index (χ4v) is 3.90. The number of allylic oxidation sites excluding steroid dienone is 3. The van der Waals surface area contributed by atoms with Crippen LogP contribution in [0.4, 0.5) is 0 Å². The first-order valence-electron chi connectivity index (χ1n) is 9.27. The molecule has 1 aliphatic heterocycles. The minimum atomic E-state index is -0.349. The molecule has 1 amide bonds. The minimum Gasteiger partial charge on any atom is -0.485 e. The maximum atomic E-state index is 12.2. The van der Waals surface area contributed by atoms with Crippen LogP contribution in [0.2, 0.25) is 0 Å². The largest absolute Gasteiger partial charge is 0.485 e. The molecule has 148 valence electrons. The summed E-state index contributed by atoms with van der Waals surface area (Å²) in [5.41, 5.74) is 3.03. The molecular formula is C21H21N5O2S. The highest BCUT2D eigenvalue weighted by molar-refractivity contribution is 7.99. The fourth-order valence-electron chi connectivity index (χ4n) is 3.11. The second-order valence-corrected chi connectivity index (χ2v) is 7.87.